The van der Waals surface area contributed by atoms with Crippen LogP contribution in [0.3, 0.4) is 0 Å². The smallest absolute Gasteiger partial charge is 0.365 e. The van der Waals surface area contributed by atoms with Gasteiger partial charge in [-0.2, -0.15) is 0 Å². The Morgan fingerprint density at radius 1 is 0.759 bits per heavy atom. The van der Waals surface area contributed by atoms with Gasteiger partial charge in [0.05, 0.1) is 0 Å². The first-order valence-electron chi connectivity index (χ1n) is 10.4. The Hall–Kier alpha value is -1.35. The van der Waals surface area contributed by atoms with Gasteiger partial charge in [-0.05, 0) is 52.6 Å². The third-order valence-electron chi connectivity index (χ3n) is 4.73. The highest BCUT2D eigenvalue weighted by molar-refractivity contribution is 8.09. The van der Waals surface area contributed by atoms with Gasteiger partial charge in [0.15, 0.2) is 0 Å². The van der Waals surface area contributed by atoms with Crippen molar-refractivity contribution in [2.75, 3.05) is 6.54 Å². The van der Waals surface area contributed by atoms with Crippen molar-refractivity contribution < 1.29 is 9.05 Å². The molecule has 2 rings (SSSR count). The van der Waals surface area contributed by atoms with Gasteiger partial charge in [-0.1, -0.05) is 79.2 Å². The van der Waals surface area contributed by atoms with Crippen LogP contribution in [0.25, 0.3) is 0 Å². The maximum absolute atomic E-state index is 6.21. The molecule has 0 aliphatic carbocycles. The highest BCUT2D eigenvalue weighted by Crippen LogP contribution is 2.45. The third kappa shape index (κ3) is 7.44. The van der Waals surface area contributed by atoms with Gasteiger partial charge >= 0.3 is 6.64 Å². The maximum Gasteiger partial charge on any atom is 0.365 e. The SMILES string of the molecule is CCCCNP(=S)(Oc1ccc(C(C)(C)C)cc1)Oc1ccc(C(C)(C)C)cc1. The Morgan fingerprint density at radius 3 is 1.45 bits per heavy atom. The minimum Gasteiger partial charge on any atom is -0.425 e. The van der Waals surface area contributed by atoms with E-state index in [9.17, 15) is 0 Å². The molecular weight excluding hydrogens is 397 g/mol. The largest absolute Gasteiger partial charge is 0.425 e. The van der Waals surface area contributed by atoms with Crippen LogP contribution in [0.4, 0.5) is 0 Å². The molecule has 0 unspecified atom stereocenters. The number of unbranched alkanes of at least 4 members (excludes halogenated alkanes) is 1. The molecule has 0 bridgehead atoms. The number of benzene rings is 2. The second-order valence-corrected chi connectivity index (χ2v) is 12.6. The number of hydrogen-bond donors (Lipinski definition) is 1. The minimum absolute atomic E-state index is 0.101. The summed E-state index contributed by atoms with van der Waals surface area (Å²) in [5, 5.41) is 3.37. The summed E-state index contributed by atoms with van der Waals surface area (Å²) in [6.45, 7) is 13.4. The molecule has 0 fully saturated rings. The lowest BCUT2D eigenvalue weighted by molar-refractivity contribution is 0.467. The van der Waals surface area contributed by atoms with Crippen LogP contribution in [0.5, 0.6) is 11.5 Å². The molecule has 0 saturated carbocycles. The van der Waals surface area contributed by atoms with Crippen molar-refractivity contribution in [1.29, 1.82) is 0 Å². The number of nitrogens with one attached hydrogen (secondary N) is 1. The molecule has 29 heavy (non-hydrogen) atoms. The van der Waals surface area contributed by atoms with Crippen molar-refractivity contribution >= 4 is 18.4 Å². The summed E-state index contributed by atoms with van der Waals surface area (Å²) in [4.78, 5) is 0. The van der Waals surface area contributed by atoms with Crippen molar-refractivity contribution in [2.45, 2.75) is 72.1 Å². The van der Waals surface area contributed by atoms with Crippen LogP contribution in [-0.2, 0) is 22.6 Å². The third-order valence-corrected chi connectivity index (χ3v) is 7.08. The molecule has 0 saturated heterocycles. The molecule has 2 aromatic carbocycles. The zero-order chi connectivity index (χ0) is 21.7. The summed E-state index contributed by atoms with van der Waals surface area (Å²) in [6.07, 6.45) is 2.11. The Kier molecular flexibility index (Phi) is 7.95. The molecule has 0 aliphatic heterocycles. The van der Waals surface area contributed by atoms with Crippen LogP contribution in [0.15, 0.2) is 48.5 Å². The summed E-state index contributed by atoms with van der Waals surface area (Å²) < 4.78 is 12.4. The Labute approximate surface area is 182 Å². The summed E-state index contributed by atoms with van der Waals surface area (Å²) >= 11 is 5.85. The average molecular weight is 434 g/mol. The van der Waals surface area contributed by atoms with Crippen LogP contribution >= 0.6 is 6.64 Å². The zero-order valence-corrected chi connectivity index (χ0v) is 20.6. The lowest BCUT2D eigenvalue weighted by atomic mass is 9.87. The van der Waals surface area contributed by atoms with Gasteiger partial charge in [0.2, 0.25) is 0 Å². The Morgan fingerprint density at radius 2 is 1.14 bits per heavy atom. The predicted octanol–water partition coefficient (Wildman–Crippen LogP) is 7.35. The lowest BCUT2D eigenvalue weighted by Crippen LogP contribution is -2.19. The molecule has 160 valence electrons. The summed E-state index contributed by atoms with van der Waals surface area (Å²) in [5.41, 5.74) is 2.72. The topological polar surface area (TPSA) is 30.5 Å². The fourth-order valence-corrected chi connectivity index (χ4v) is 4.97. The Bertz CT molecular complexity index is 754. The minimum atomic E-state index is -2.72. The van der Waals surface area contributed by atoms with Gasteiger partial charge in [-0.25, -0.2) is 5.09 Å². The first kappa shape index (κ1) is 23.9. The van der Waals surface area contributed by atoms with Crippen LogP contribution < -0.4 is 14.1 Å². The quantitative estimate of drug-likeness (QED) is 0.348. The van der Waals surface area contributed by atoms with Crippen LogP contribution in [0.2, 0.25) is 0 Å². The summed E-state index contributed by atoms with van der Waals surface area (Å²) in [5.74, 6) is 1.47. The molecule has 0 aliphatic rings. The van der Waals surface area contributed by atoms with Crippen molar-refractivity contribution in [1.82, 2.24) is 5.09 Å². The first-order chi connectivity index (χ1) is 13.4. The predicted molar refractivity (Wildman–Crippen MR) is 129 cm³/mol. The molecule has 1 N–H and O–H groups in total. The molecule has 0 aromatic heterocycles. The van der Waals surface area contributed by atoms with Gasteiger partial charge in [0, 0.05) is 18.4 Å². The average Bonchev–Trinajstić information content (AvgIpc) is 2.61. The van der Waals surface area contributed by atoms with Gasteiger partial charge < -0.3 is 9.05 Å². The highest BCUT2D eigenvalue weighted by Gasteiger charge is 2.23. The molecule has 0 spiro atoms. The van der Waals surface area contributed by atoms with Crippen molar-refractivity contribution in [2.24, 2.45) is 0 Å². The number of rotatable bonds is 8. The van der Waals surface area contributed by atoms with E-state index in [0.717, 1.165) is 30.9 Å². The number of hydrogen-bond acceptors (Lipinski definition) is 3. The van der Waals surface area contributed by atoms with E-state index in [2.05, 4.69) is 77.8 Å². The molecular formula is C24H36NO2PS. The molecule has 0 heterocycles. The van der Waals surface area contributed by atoms with E-state index in [1.807, 2.05) is 24.3 Å². The maximum atomic E-state index is 6.21. The summed E-state index contributed by atoms with van der Waals surface area (Å²) in [7, 11) is 0. The molecule has 0 atom stereocenters. The van der Waals surface area contributed by atoms with Crippen LogP contribution in [-0.4, -0.2) is 6.54 Å². The van der Waals surface area contributed by atoms with Crippen molar-refractivity contribution in [3.8, 4) is 11.5 Å². The zero-order valence-electron chi connectivity index (χ0n) is 18.9. The summed E-state index contributed by atoms with van der Waals surface area (Å²) in [6, 6.07) is 16.3. The van der Waals surface area contributed by atoms with E-state index in [-0.39, 0.29) is 10.8 Å². The lowest BCUT2D eigenvalue weighted by Gasteiger charge is -2.26. The van der Waals surface area contributed by atoms with Crippen LogP contribution in [0, 0.1) is 0 Å². The normalized spacial score (nSPS) is 12.7. The molecule has 5 heteroatoms. The first-order valence-corrected chi connectivity index (χ1v) is 13.0. The van der Waals surface area contributed by atoms with E-state index in [4.69, 9.17) is 20.9 Å². The van der Waals surface area contributed by atoms with Gasteiger partial charge in [-0.3, -0.25) is 0 Å². The molecule has 0 radical (unpaired) electrons. The van der Waals surface area contributed by atoms with E-state index in [1.165, 1.54) is 11.1 Å². The van der Waals surface area contributed by atoms with E-state index in [0.29, 0.717) is 0 Å². The highest BCUT2D eigenvalue weighted by atomic mass is 32.5. The van der Waals surface area contributed by atoms with E-state index >= 15 is 0 Å². The Balaban J connectivity index is 2.20. The van der Waals surface area contributed by atoms with E-state index in [1.54, 1.807) is 0 Å². The van der Waals surface area contributed by atoms with Gasteiger partial charge in [0.25, 0.3) is 0 Å². The van der Waals surface area contributed by atoms with Crippen LogP contribution in [0.1, 0.15) is 72.4 Å². The fourth-order valence-electron chi connectivity index (χ4n) is 2.79. The fraction of sp³-hybridized carbons (Fsp3) is 0.500. The molecule has 2 aromatic rings. The van der Waals surface area contributed by atoms with Crippen molar-refractivity contribution in [3.05, 3.63) is 59.7 Å². The van der Waals surface area contributed by atoms with Gasteiger partial charge in [0.1, 0.15) is 11.5 Å². The second kappa shape index (κ2) is 9.64. The molecule has 3 nitrogen and oxygen atoms in total. The second-order valence-electron chi connectivity index (χ2n) is 9.49. The molecule has 0 amide bonds. The van der Waals surface area contributed by atoms with E-state index < -0.39 is 6.64 Å². The van der Waals surface area contributed by atoms with Crippen molar-refractivity contribution in [3.63, 3.8) is 0 Å². The standard InChI is InChI=1S/C24H36NO2PS/c1-8-9-18-25-28(29,26-21-14-10-19(11-15-21)23(2,3)4)27-22-16-12-20(13-17-22)24(5,6)7/h10-17H,8-9,18H2,1-7H3,(H,25,29). The van der Waals surface area contributed by atoms with Gasteiger partial charge in [-0.15, -0.1) is 0 Å². The monoisotopic (exact) mass is 433 g/mol.